The summed E-state index contributed by atoms with van der Waals surface area (Å²) in [4.78, 5) is 37.1. The Balaban J connectivity index is 1.60. The predicted molar refractivity (Wildman–Crippen MR) is 118 cm³/mol. The second-order valence-corrected chi connectivity index (χ2v) is 7.03. The van der Waals surface area contributed by atoms with Crippen LogP contribution in [0.4, 0.5) is 5.69 Å². The molecular weight excluding hydrogens is 392 g/mol. The number of carbonyl (C=O) groups excluding carboxylic acids is 3. The molecule has 3 rings (SSSR count). The lowest BCUT2D eigenvalue weighted by Crippen LogP contribution is -2.31. The van der Waals surface area contributed by atoms with E-state index in [1.165, 1.54) is 0 Å². The van der Waals surface area contributed by atoms with E-state index >= 15 is 0 Å². The maximum Gasteiger partial charge on any atom is 0.308 e. The molecule has 0 heterocycles. The maximum absolute atomic E-state index is 12.6. The lowest BCUT2D eigenvalue weighted by Gasteiger charge is -2.19. The SMILES string of the molecule is Cc1ccccc1NC(=O)COC(=O)C[C@@H](NC(=O)c1ccccc1)c1ccccc1. The molecule has 2 N–H and O–H groups in total. The number of carbonyl (C=O) groups is 3. The fourth-order valence-electron chi connectivity index (χ4n) is 3.04. The molecule has 3 aromatic carbocycles. The Hall–Kier alpha value is -3.93. The van der Waals surface area contributed by atoms with E-state index in [2.05, 4.69) is 10.6 Å². The van der Waals surface area contributed by atoms with Gasteiger partial charge in [0.2, 0.25) is 0 Å². The van der Waals surface area contributed by atoms with Gasteiger partial charge in [0, 0.05) is 11.3 Å². The summed E-state index contributed by atoms with van der Waals surface area (Å²) >= 11 is 0. The van der Waals surface area contributed by atoms with Crippen LogP contribution in [0.25, 0.3) is 0 Å². The molecule has 0 aliphatic rings. The van der Waals surface area contributed by atoms with Crippen molar-refractivity contribution < 1.29 is 19.1 Å². The summed E-state index contributed by atoms with van der Waals surface area (Å²) in [6, 6.07) is 24.7. The summed E-state index contributed by atoms with van der Waals surface area (Å²) < 4.78 is 5.15. The summed E-state index contributed by atoms with van der Waals surface area (Å²) in [5, 5.41) is 5.59. The number of hydrogen-bond donors (Lipinski definition) is 2. The van der Waals surface area contributed by atoms with Gasteiger partial charge in [0.1, 0.15) is 0 Å². The van der Waals surface area contributed by atoms with Crippen molar-refractivity contribution >= 4 is 23.5 Å². The van der Waals surface area contributed by atoms with Gasteiger partial charge >= 0.3 is 5.97 Å². The molecule has 0 fully saturated rings. The number of nitrogens with one attached hydrogen (secondary N) is 2. The molecule has 0 aliphatic heterocycles. The van der Waals surface area contributed by atoms with E-state index in [0.717, 1.165) is 11.1 Å². The average molecular weight is 416 g/mol. The minimum atomic E-state index is -0.583. The Labute approximate surface area is 181 Å². The van der Waals surface area contributed by atoms with Crippen LogP contribution in [0.15, 0.2) is 84.9 Å². The monoisotopic (exact) mass is 416 g/mol. The predicted octanol–water partition coefficient (Wildman–Crippen LogP) is 4.04. The highest BCUT2D eigenvalue weighted by molar-refractivity contribution is 5.95. The normalized spacial score (nSPS) is 11.3. The highest BCUT2D eigenvalue weighted by Gasteiger charge is 2.20. The summed E-state index contributed by atoms with van der Waals surface area (Å²) in [5.74, 6) is -1.30. The van der Waals surface area contributed by atoms with Crippen LogP contribution in [0.3, 0.4) is 0 Å². The molecule has 31 heavy (non-hydrogen) atoms. The van der Waals surface area contributed by atoms with Crippen molar-refractivity contribution in [2.24, 2.45) is 0 Å². The van der Waals surface area contributed by atoms with Gasteiger partial charge in [0.05, 0.1) is 12.5 Å². The molecule has 6 nitrogen and oxygen atoms in total. The number of aryl methyl sites for hydroxylation is 1. The van der Waals surface area contributed by atoms with Crippen molar-refractivity contribution in [3.05, 3.63) is 102 Å². The van der Waals surface area contributed by atoms with Crippen LogP contribution in [0.2, 0.25) is 0 Å². The van der Waals surface area contributed by atoms with Gasteiger partial charge in [-0.3, -0.25) is 14.4 Å². The zero-order valence-corrected chi connectivity index (χ0v) is 17.2. The van der Waals surface area contributed by atoms with Crippen LogP contribution in [0.5, 0.6) is 0 Å². The number of amides is 2. The van der Waals surface area contributed by atoms with Gasteiger partial charge < -0.3 is 15.4 Å². The van der Waals surface area contributed by atoms with E-state index in [9.17, 15) is 14.4 Å². The lowest BCUT2D eigenvalue weighted by atomic mass is 10.0. The Morgan fingerprint density at radius 1 is 0.839 bits per heavy atom. The number of anilines is 1. The molecule has 1 atom stereocenters. The molecule has 0 unspecified atom stereocenters. The van der Waals surface area contributed by atoms with Crippen molar-refractivity contribution in [3.8, 4) is 0 Å². The number of hydrogen-bond acceptors (Lipinski definition) is 4. The summed E-state index contributed by atoms with van der Waals surface area (Å²) in [6.07, 6.45) is -0.0970. The minimum Gasteiger partial charge on any atom is -0.455 e. The standard InChI is InChI=1S/C25H24N2O4/c1-18-10-8-9-15-21(18)26-23(28)17-31-24(29)16-22(19-11-4-2-5-12-19)27-25(30)20-13-6-3-7-14-20/h2-15,22H,16-17H2,1H3,(H,26,28)(H,27,30)/t22-/m1/s1. The number of para-hydroxylation sites is 1. The topological polar surface area (TPSA) is 84.5 Å². The molecule has 0 spiro atoms. The molecule has 0 saturated carbocycles. The number of ether oxygens (including phenoxy) is 1. The maximum atomic E-state index is 12.6. The van der Waals surface area contributed by atoms with Gasteiger partial charge in [-0.2, -0.15) is 0 Å². The highest BCUT2D eigenvalue weighted by Crippen LogP contribution is 2.18. The first-order valence-electron chi connectivity index (χ1n) is 9.95. The Bertz CT molecular complexity index is 1040. The smallest absolute Gasteiger partial charge is 0.308 e. The molecule has 0 aromatic heterocycles. The third kappa shape index (κ3) is 6.54. The number of rotatable bonds is 8. The first kappa shape index (κ1) is 21.8. The second kappa shape index (κ2) is 10.7. The van der Waals surface area contributed by atoms with Crippen LogP contribution in [0, 0.1) is 6.92 Å². The first-order valence-corrected chi connectivity index (χ1v) is 9.95. The van der Waals surface area contributed by atoms with E-state index in [1.807, 2.05) is 61.5 Å². The molecule has 2 amide bonds. The third-order valence-electron chi connectivity index (χ3n) is 4.70. The van der Waals surface area contributed by atoms with Crippen LogP contribution in [0.1, 0.15) is 33.9 Å². The van der Waals surface area contributed by atoms with Gasteiger partial charge in [0.15, 0.2) is 6.61 Å². The van der Waals surface area contributed by atoms with Crippen molar-refractivity contribution in [2.45, 2.75) is 19.4 Å². The molecule has 3 aromatic rings. The molecule has 158 valence electrons. The van der Waals surface area contributed by atoms with E-state index in [-0.39, 0.29) is 12.3 Å². The molecule has 0 radical (unpaired) electrons. The molecule has 0 aliphatic carbocycles. The van der Waals surface area contributed by atoms with Crippen LogP contribution in [-0.2, 0) is 14.3 Å². The summed E-state index contributed by atoms with van der Waals surface area (Å²) in [5.41, 5.74) is 2.85. The van der Waals surface area contributed by atoms with Gasteiger partial charge in [-0.05, 0) is 36.2 Å². The second-order valence-electron chi connectivity index (χ2n) is 7.03. The van der Waals surface area contributed by atoms with Crippen molar-refractivity contribution in [1.29, 1.82) is 0 Å². The van der Waals surface area contributed by atoms with E-state index in [0.29, 0.717) is 11.3 Å². The number of benzene rings is 3. The zero-order valence-electron chi connectivity index (χ0n) is 17.2. The Morgan fingerprint density at radius 2 is 1.45 bits per heavy atom. The van der Waals surface area contributed by atoms with Crippen molar-refractivity contribution in [2.75, 3.05) is 11.9 Å². The quantitative estimate of drug-likeness (QED) is 0.543. The molecule has 6 heteroatoms. The Kier molecular flexibility index (Phi) is 7.54. The molecule has 0 bridgehead atoms. The van der Waals surface area contributed by atoms with E-state index in [4.69, 9.17) is 4.74 Å². The van der Waals surface area contributed by atoms with Crippen molar-refractivity contribution in [1.82, 2.24) is 5.32 Å². The summed E-state index contributed by atoms with van der Waals surface area (Å²) in [7, 11) is 0. The van der Waals surface area contributed by atoms with Gasteiger partial charge in [-0.25, -0.2) is 0 Å². The van der Waals surface area contributed by atoms with Gasteiger partial charge in [-0.1, -0.05) is 66.7 Å². The third-order valence-corrected chi connectivity index (χ3v) is 4.70. The average Bonchev–Trinajstić information content (AvgIpc) is 2.80. The Morgan fingerprint density at radius 3 is 2.13 bits per heavy atom. The van der Waals surface area contributed by atoms with Gasteiger partial charge in [-0.15, -0.1) is 0 Å². The fraction of sp³-hybridized carbons (Fsp3) is 0.160. The van der Waals surface area contributed by atoms with E-state index in [1.54, 1.807) is 30.3 Å². The molecule has 0 saturated heterocycles. The number of esters is 1. The highest BCUT2D eigenvalue weighted by atomic mass is 16.5. The van der Waals surface area contributed by atoms with Crippen LogP contribution >= 0.6 is 0 Å². The van der Waals surface area contributed by atoms with Crippen LogP contribution < -0.4 is 10.6 Å². The van der Waals surface area contributed by atoms with Gasteiger partial charge in [0.25, 0.3) is 11.8 Å². The molecular formula is C25H24N2O4. The zero-order chi connectivity index (χ0) is 22.1. The van der Waals surface area contributed by atoms with Crippen LogP contribution in [-0.4, -0.2) is 24.4 Å². The fourth-order valence-corrected chi connectivity index (χ4v) is 3.04. The van der Waals surface area contributed by atoms with E-state index < -0.39 is 24.5 Å². The largest absolute Gasteiger partial charge is 0.455 e. The van der Waals surface area contributed by atoms with Crippen molar-refractivity contribution in [3.63, 3.8) is 0 Å². The summed E-state index contributed by atoms with van der Waals surface area (Å²) in [6.45, 7) is 1.48. The minimum absolute atomic E-state index is 0.0970. The lowest BCUT2D eigenvalue weighted by molar-refractivity contribution is -0.147. The first-order chi connectivity index (χ1) is 15.0.